The molecule has 0 atom stereocenters. The molecule has 6 aromatic rings. The third-order valence-corrected chi connectivity index (χ3v) is 12.4. The van der Waals surface area contributed by atoms with E-state index in [1.807, 2.05) is 69.3 Å². The quantitative estimate of drug-likeness (QED) is 0.0699. The molecule has 0 aliphatic carbocycles. The van der Waals surface area contributed by atoms with E-state index in [9.17, 15) is 28.0 Å². The zero-order valence-corrected chi connectivity index (χ0v) is 38.6. The van der Waals surface area contributed by atoms with Crippen LogP contribution in [0.2, 0.25) is 0 Å². The number of unbranched alkanes of at least 4 members (excludes halogenated alkanes) is 2. The van der Waals surface area contributed by atoms with E-state index in [2.05, 4.69) is 30.6 Å². The molecule has 0 bridgehead atoms. The number of amides is 2. The van der Waals surface area contributed by atoms with Gasteiger partial charge in [0.05, 0.1) is 30.2 Å². The van der Waals surface area contributed by atoms with Crippen LogP contribution < -0.4 is 15.1 Å². The molecule has 14 nitrogen and oxygen atoms in total. The van der Waals surface area contributed by atoms with Gasteiger partial charge in [-0.25, -0.2) is 8.78 Å². The summed E-state index contributed by atoms with van der Waals surface area (Å²) < 4.78 is 33.5. The van der Waals surface area contributed by atoms with Crippen molar-refractivity contribution in [2.75, 3.05) is 49.1 Å². The Morgan fingerprint density at radius 1 is 0.697 bits per heavy atom. The summed E-state index contributed by atoms with van der Waals surface area (Å²) in [6.45, 7) is 9.68. The molecule has 4 aromatic carbocycles. The highest BCUT2D eigenvalue weighted by Gasteiger charge is 2.33. The van der Waals surface area contributed by atoms with Crippen LogP contribution in [0.25, 0.3) is 21.1 Å². The number of hydrogen-bond acceptors (Lipinski definition) is 13. The van der Waals surface area contributed by atoms with Gasteiger partial charge in [0.2, 0.25) is 10.3 Å². The number of anilines is 2. The van der Waals surface area contributed by atoms with Crippen LogP contribution in [-0.2, 0) is 27.4 Å². The first-order valence-electron chi connectivity index (χ1n) is 21.8. The monoisotopic (exact) mass is 938 g/mol. The number of esters is 1. The summed E-state index contributed by atoms with van der Waals surface area (Å²) in [5, 5.41) is 30.7. The van der Waals surface area contributed by atoms with Crippen LogP contribution in [0.15, 0.2) is 97.1 Å². The maximum absolute atomic E-state index is 14.3. The minimum atomic E-state index is -0.907. The summed E-state index contributed by atoms with van der Waals surface area (Å²) in [5.41, 5.74) is 3.85. The van der Waals surface area contributed by atoms with E-state index in [1.165, 1.54) is 56.7 Å². The molecule has 1 aliphatic rings. The highest BCUT2D eigenvalue weighted by atomic mass is 32.1. The summed E-state index contributed by atoms with van der Waals surface area (Å²) in [4.78, 5) is 53.6. The van der Waals surface area contributed by atoms with Gasteiger partial charge in [-0.05, 0) is 55.2 Å². The largest absolute Gasteiger partial charge is 0.480 e. The molecule has 0 radical (unpaired) electrons. The Balaban J connectivity index is 0.000000220. The standard InChI is InChI=1S/C26H29FN4O3S.C22H23FN4O3S/c1-3-5-14-31(24(32)21-8-6-7-9-22(21)27)26-29-28-23(35-26)19-12-10-18(11-13-19)15-30-16-20(17-30)25(33)34-4-2;1-2-3-12-27(21(30)17-6-4-5-7-18(17)23)22-26-25-20(31-22)16-10-8-15(9-11-16)13-24-14-19(28)29/h6-13,20H,3-5,14-17H2,1-2H3;4-11,24H,2-3,12-14H2,1H3,(H,28,29). The van der Waals surface area contributed by atoms with Gasteiger partial charge >= 0.3 is 11.9 Å². The molecular weight excluding hydrogens is 887 g/mol. The molecule has 3 heterocycles. The van der Waals surface area contributed by atoms with E-state index in [0.717, 1.165) is 54.5 Å². The van der Waals surface area contributed by atoms with Gasteiger partial charge in [0.1, 0.15) is 21.6 Å². The second kappa shape index (κ2) is 24.3. The summed E-state index contributed by atoms with van der Waals surface area (Å²) in [5.74, 6) is -3.01. The average molecular weight is 939 g/mol. The summed E-state index contributed by atoms with van der Waals surface area (Å²) >= 11 is 2.58. The molecule has 66 heavy (non-hydrogen) atoms. The Labute approximate surface area is 390 Å². The number of nitrogens with zero attached hydrogens (tertiary/aromatic N) is 7. The molecule has 1 fully saturated rings. The number of hydrogen-bond donors (Lipinski definition) is 2. The summed E-state index contributed by atoms with van der Waals surface area (Å²) in [6, 6.07) is 27.5. The Kier molecular flexibility index (Phi) is 18.0. The summed E-state index contributed by atoms with van der Waals surface area (Å²) in [7, 11) is 0. The molecule has 1 aliphatic heterocycles. The Morgan fingerprint density at radius 2 is 1.17 bits per heavy atom. The van der Waals surface area contributed by atoms with Crippen molar-refractivity contribution in [3.8, 4) is 21.1 Å². The smallest absolute Gasteiger partial charge is 0.317 e. The van der Waals surface area contributed by atoms with Crippen molar-refractivity contribution in [3.63, 3.8) is 0 Å². The number of halogens is 2. The molecule has 2 N–H and O–H groups in total. The lowest BCUT2D eigenvalue weighted by Crippen LogP contribution is -2.50. The zero-order valence-electron chi connectivity index (χ0n) is 37.0. The second-order valence-corrected chi connectivity index (χ2v) is 17.3. The predicted molar refractivity (Wildman–Crippen MR) is 251 cm³/mol. The molecule has 7 rings (SSSR count). The van der Waals surface area contributed by atoms with Crippen molar-refractivity contribution in [2.45, 2.75) is 59.5 Å². The zero-order chi connectivity index (χ0) is 47.0. The van der Waals surface area contributed by atoms with E-state index in [-0.39, 0.29) is 29.6 Å². The first kappa shape index (κ1) is 49.1. The van der Waals surface area contributed by atoms with Crippen molar-refractivity contribution in [1.29, 1.82) is 0 Å². The number of nitrogens with one attached hydrogen (secondary N) is 1. The van der Waals surface area contributed by atoms with Gasteiger partial charge in [0.15, 0.2) is 0 Å². The Bertz CT molecular complexity index is 2550. The number of rotatable bonds is 20. The van der Waals surface area contributed by atoms with Crippen molar-refractivity contribution < 1.29 is 37.8 Å². The van der Waals surface area contributed by atoms with Crippen molar-refractivity contribution in [2.24, 2.45) is 5.92 Å². The van der Waals surface area contributed by atoms with Gasteiger partial charge in [-0.1, -0.05) is 122 Å². The lowest BCUT2D eigenvalue weighted by Gasteiger charge is -2.37. The number of aromatic nitrogens is 4. The number of aliphatic carboxylic acids is 1. The number of likely N-dealkylation sites (tertiary alicyclic amines) is 1. The number of benzene rings is 4. The number of carboxylic acids is 1. The molecule has 18 heteroatoms. The topological polar surface area (TPSA) is 171 Å². The SMILES string of the molecule is CCCCN(C(=O)c1ccccc1F)c1nnc(-c2ccc(CN3CC(C(=O)OCC)C3)cc2)s1.CCCCN(C(=O)c1ccccc1F)c1nnc(-c2ccc(CNCC(=O)O)cc2)s1. The molecule has 0 saturated carbocycles. The molecule has 1 saturated heterocycles. The van der Waals surface area contributed by atoms with Crippen LogP contribution in [0, 0.1) is 17.6 Å². The molecular formula is C48H52F2N8O6S2. The lowest BCUT2D eigenvalue weighted by atomic mass is 9.99. The van der Waals surface area contributed by atoms with Gasteiger partial charge in [0, 0.05) is 50.4 Å². The minimum absolute atomic E-state index is 0.00793. The second-order valence-electron chi connectivity index (χ2n) is 15.4. The van der Waals surface area contributed by atoms with E-state index in [4.69, 9.17) is 9.84 Å². The van der Waals surface area contributed by atoms with Crippen molar-refractivity contribution in [3.05, 3.63) is 131 Å². The van der Waals surface area contributed by atoms with Crippen molar-refractivity contribution in [1.82, 2.24) is 30.6 Å². The third kappa shape index (κ3) is 13.1. The molecule has 346 valence electrons. The fraction of sp³-hybridized carbons (Fsp3) is 0.333. The number of ether oxygens (including phenoxy) is 1. The number of carbonyl (C=O) groups excluding carboxylic acids is 3. The van der Waals surface area contributed by atoms with E-state index in [0.29, 0.717) is 59.6 Å². The van der Waals surface area contributed by atoms with Gasteiger partial charge in [0.25, 0.3) is 11.8 Å². The van der Waals surface area contributed by atoms with Gasteiger partial charge in [-0.15, -0.1) is 20.4 Å². The molecule has 2 amide bonds. The van der Waals surface area contributed by atoms with E-state index >= 15 is 0 Å². The van der Waals surface area contributed by atoms with Crippen molar-refractivity contribution >= 4 is 56.7 Å². The lowest BCUT2D eigenvalue weighted by molar-refractivity contribution is -0.154. The predicted octanol–water partition coefficient (Wildman–Crippen LogP) is 8.75. The first-order valence-corrected chi connectivity index (χ1v) is 23.4. The third-order valence-electron chi connectivity index (χ3n) is 10.5. The van der Waals surface area contributed by atoms with E-state index < -0.39 is 29.4 Å². The van der Waals surface area contributed by atoms with Gasteiger partial charge in [-0.2, -0.15) is 0 Å². The van der Waals surface area contributed by atoms with Crippen LogP contribution in [0.5, 0.6) is 0 Å². The summed E-state index contributed by atoms with van der Waals surface area (Å²) in [6.07, 6.45) is 3.31. The molecule has 0 spiro atoms. The van der Waals surface area contributed by atoms with Gasteiger partial charge in [-0.3, -0.25) is 33.9 Å². The minimum Gasteiger partial charge on any atom is -0.480 e. The first-order chi connectivity index (χ1) is 32.0. The fourth-order valence-corrected chi connectivity index (χ4v) is 8.59. The maximum Gasteiger partial charge on any atom is 0.317 e. The van der Waals surface area contributed by atoms with Crippen LogP contribution in [0.4, 0.5) is 19.0 Å². The maximum atomic E-state index is 14.3. The van der Waals surface area contributed by atoms with Crippen LogP contribution in [0.3, 0.4) is 0 Å². The highest BCUT2D eigenvalue weighted by molar-refractivity contribution is 7.19. The van der Waals surface area contributed by atoms with Crippen LogP contribution >= 0.6 is 22.7 Å². The average Bonchev–Trinajstić information content (AvgIpc) is 4.00. The van der Waals surface area contributed by atoms with Gasteiger partial charge < -0.3 is 15.2 Å². The fourth-order valence-electron chi connectivity index (χ4n) is 6.84. The Hall–Kier alpha value is -6.34. The molecule has 2 aromatic heterocycles. The normalized spacial score (nSPS) is 12.4. The van der Waals surface area contributed by atoms with E-state index in [1.54, 1.807) is 24.3 Å². The van der Waals surface area contributed by atoms with Crippen LogP contribution in [0.1, 0.15) is 78.3 Å². The van der Waals surface area contributed by atoms with Crippen LogP contribution in [-0.4, -0.2) is 93.5 Å². The Morgan fingerprint density at radius 3 is 1.61 bits per heavy atom. The molecule has 0 unspecified atom stereocenters. The number of carboxylic acid groups (broad SMARTS) is 1. The number of carbonyl (C=O) groups is 4. The highest BCUT2D eigenvalue weighted by Crippen LogP contribution is 2.32.